The molecule has 1 saturated heterocycles. The van der Waals surface area contributed by atoms with E-state index < -0.39 is 0 Å². The second kappa shape index (κ2) is 5.26. The van der Waals surface area contributed by atoms with E-state index in [1.807, 2.05) is 6.92 Å². The average molecular weight is 212 g/mol. The second-order valence-corrected chi connectivity index (χ2v) is 4.45. The number of likely N-dealkylation sites (N-methyl/N-ethyl adjacent to an activating group) is 1. The van der Waals surface area contributed by atoms with Crippen LogP contribution in [-0.4, -0.2) is 35.8 Å². The summed E-state index contributed by atoms with van der Waals surface area (Å²) in [5.74, 6) is 0.265. The fraction of sp³-hybridized carbons (Fsp3) is 0.818. The smallest absolute Gasteiger partial charge is 0.243 e. The Labute approximate surface area is 91.0 Å². The van der Waals surface area contributed by atoms with Gasteiger partial charge in [-0.05, 0) is 18.9 Å². The molecule has 15 heavy (non-hydrogen) atoms. The van der Waals surface area contributed by atoms with Crippen molar-refractivity contribution in [3.8, 4) is 0 Å². The maximum Gasteiger partial charge on any atom is 0.243 e. The molecule has 4 heteroatoms. The lowest BCUT2D eigenvalue weighted by molar-refractivity contribution is -0.137. The van der Waals surface area contributed by atoms with Crippen LogP contribution in [0.1, 0.15) is 33.6 Å². The molecule has 0 saturated carbocycles. The predicted octanol–water partition coefficient (Wildman–Crippen LogP) is 0.769. The Kier molecular flexibility index (Phi) is 4.27. The zero-order valence-electron chi connectivity index (χ0n) is 9.75. The molecule has 0 aliphatic carbocycles. The van der Waals surface area contributed by atoms with Gasteiger partial charge in [-0.1, -0.05) is 20.8 Å². The highest BCUT2D eigenvalue weighted by Gasteiger charge is 2.30. The molecule has 0 aromatic carbocycles. The lowest BCUT2D eigenvalue weighted by atomic mass is 10.0. The van der Waals surface area contributed by atoms with E-state index in [0.29, 0.717) is 18.8 Å². The van der Waals surface area contributed by atoms with E-state index in [9.17, 15) is 9.59 Å². The summed E-state index contributed by atoms with van der Waals surface area (Å²) in [6.45, 7) is 8.07. The molecule has 1 aliphatic rings. The van der Waals surface area contributed by atoms with Gasteiger partial charge in [0, 0.05) is 13.0 Å². The minimum atomic E-state index is -0.142. The molecule has 1 unspecified atom stereocenters. The van der Waals surface area contributed by atoms with Gasteiger partial charge >= 0.3 is 0 Å². The van der Waals surface area contributed by atoms with Crippen molar-refractivity contribution in [3.05, 3.63) is 0 Å². The van der Waals surface area contributed by atoms with Crippen LogP contribution < -0.4 is 5.32 Å². The monoisotopic (exact) mass is 212 g/mol. The predicted molar refractivity (Wildman–Crippen MR) is 58.3 cm³/mol. The van der Waals surface area contributed by atoms with Gasteiger partial charge in [-0.3, -0.25) is 19.8 Å². The van der Waals surface area contributed by atoms with Gasteiger partial charge < -0.3 is 0 Å². The van der Waals surface area contributed by atoms with Gasteiger partial charge in [-0.25, -0.2) is 0 Å². The van der Waals surface area contributed by atoms with Crippen LogP contribution in [0.5, 0.6) is 0 Å². The van der Waals surface area contributed by atoms with Gasteiger partial charge in [0.15, 0.2) is 0 Å². The summed E-state index contributed by atoms with van der Waals surface area (Å²) in [4.78, 5) is 24.8. The third-order valence-corrected chi connectivity index (χ3v) is 2.66. The molecule has 0 radical (unpaired) electrons. The molecular formula is C11H20N2O2. The van der Waals surface area contributed by atoms with Crippen molar-refractivity contribution in [1.82, 2.24) is 10.2 Å². The number of hydrogen-bond acceptors (Lipinski definition) is 3. The highest BCUT2D eigenvalue weighted by molar-refractivity contribution is 6.00. The van der Waals surface area contributed by atoms with Crippen molar-refractivity contribution >= 4 is 11.8 Å². The average Bonchev–Trinajstić information content (AvgIpc) is 2.14. The first-order valence-electron chi connectivity index (χ1n) is 5.62. The maximum atomic E-state index is 11.6. The molecule has 1 rings (SSSR count). The lowest BCUT2D eigenvalue weighted by Crippen LogP contribution is -2.53. The molecule has 1 fully saturated rings. The quantitative estimate of drug-likeness (QED) is 0.700. The summed E-state index contributed by atoms with van der Waals surface area (Å²) in [5.41, 5.74) is 0. The number of imide groups is 1. The molecule has 86 valence electrons. The highest BCUT2D eigenvalue weighted by Crippen LogP contribution is 2.13. The van der Waals surface area contributed by atoms with E-state index in [-0.39, 0.29) is 17.9 Å². The van der Waals surface area contributed by atoms with Crippen LogP contribution in [0, 0.1) is 5.92 Å². The van der Waals surface area contributed by atoms with E-state index in [2.05, 4.69) is 24.1 Å². The van der Waals surface area contributed by atoms with E-state index in [1.54, 1.807) is 0 Å². The van der Waals surface area contributed by atoms with Crippen LogP contribution in [0.4, 0.5) is 0 Å². The van der Waals surface area contributed by atoms with Crippen molar-refractivity contribution in [2.75, 3.05) is 13.1 Å². The highest BCUT2D eigenvalue weighted by atomic mass is 16.2. The van der Waals surface area contributed by atoms with Crippen molar-refractivity contribution < 1.29 is 9.59 Å². The molecule has 0 bridgehead atoms. The van der Waals surface area contributed by atoms with E-state index in [0.717, 1.165) is 13.1 Å². The number of amides is 2. The summed E-state index contributed by atoms with van der Waals surface area (Å²) < 4.78 is 0. The van der Waals surface area contributed by atoms with Gasteiger partial charge in [0.05, 0.1) is 6.04 Å². The number of nitrogens with one attached hydrogen (secondary N) is 1. The number of carbonyl (C=O) groups excluding carboxylic acids is 2. The van der Waals surface area contributed by atoms with Crippen LogP contribution in [0.15, 0.2) is 0 Å². The van der Waals surface area contributed by atoms with Gasteiger partial charge in [-0.15, -0.1) is 0 Å². The summed E-state index contributed by atoms with van der Waals surface area (Å²) in [6.07, 6.45) is 1.12. The van der Waals surface area contributed by atoms with Crippen molar-refractivity contribution in [1.29, 1.82) is 0 Å². The lowest BCUT2D eigenvalue weighted by Gasteiger charge is -2.32. The largest absolute Gasteiger partial charge is 0.295 e. The number of piperidine rings is 1. The maximum absolute atomic E-state index is 11.6. The molecule has 0 spiro atoms. The molecule has 4 nitrogen and oxygen atoms in total. The van der Waals surface area contributed by atoms with E-state index >= 15 is 0 Å². The zero-order chi connectivity index (χ0) is 11.4. The Balaban J connectivity index is 2.59. The Morgan fingerprint density at radius 2 is 2.13 bits per heavy atom. The topological polar surface area (TPSA) is 49.4 Å². The SMILES string of the molecule is CCN(CC(C)C)C1CCC(=O)NC1=O. The standard InChI is InChI=1S/C11H20N2O2/c1-4-13(7-8(2)3)9-5-6-10(14)12-11(9)15/h8-9H,4-7H2,1-3H3,(H,12,14,15). The number of nitrogens with zero attached hydrogens (tertiary/aromatic N) is 1. The minimum absolute atomic E-state index is 0.116. The van der Waals surface area contributed by atoms with Crippen LogP contribution in [-0.2, 0) is 9.59 Å². The summed E-state index contributed by atoms with van der Waals surface area (Å²) in [5, 5.41) is 2.40. The fourth-order valence-electron chi connectivity index (χ4n) is 1.98. The van der Waals surface area contributed by atoms with Crippen molar-refractivity contribution in [3.63, 3.8) is 0 Å². The van der Waals surface area contributed by atoms with Crippen LogP contribution in [0.2, 0.25) is 0 Å². The van der Waals surface area contributed by atoms with E-state index in [4.69, 9.17) is 0 Å². The molecule has 0 aromatic heterocycles. The Hall–Kier alpha value is -0.900. The van der Waals surface area contributed by atoms with Gasteiger partial charge in [0.1, 0.15) is 0 Å². The number of carbonyl (C=O) groups is 2. The molecule has 1 atom stereocenters. The van der Waals surface area contributed by atoms with Gasteiger partial charge in [-0.2, -0.15) is 0 Å². The summed E-state index contributed by atoms with van der Waals surface area (Å²) >= 11 is 0. The molecular weight excluding hydrogens is 192 g/mol. The summed E-state index contributed by atoms with van der Waals surface area (Å²) in [6, 6.07) is -0.116. The Morgan fingerprint density at radius 1 is 1.47 bits per heavy atom. The first kappa shape index (κ1) is 12.2. The molecule has 2 amide bonds. The van der Waals surface area contributed by atoms with Gasteiger partial charge in [0.25, 0.3) is 0 Å². The second-order valence-electron chi connectivity index (χ2n) is 4.45. The Morgan fingerprint density at radius 3 is 2.60 bits per heavy atom. The molecule has 1 heterocycles. The first-order valence-corrected chi connectivity index (χ1v) is 5.62. The minimum Gasteiger partial charge on any atom is -0.295 e. The molecule has 1 aliphatic heterocycles. The Bertz CT molecular complexity index is 251. The molecule has 1 N–H and O–H groups in total. The van der Waals surface area contributed by atoms with Crippen LogP contribution in [0.3, 0.4) is 0 Å². The fourth-order valence-corrected chi connectivity index (χ4v) is 1.98. The van der Waals surface area contributed by atoms with Crippen LogP contribution in [0.25, 0.3) is 0 Å². The third kappa shape index (κ3) is 3.30. The zero-order valence-corrected chi connectivity index (χ0v) is 9.75. The van der Waals surface area contributed by atoms with E-state index in [1.165, 1.54) is 0 Å². The van der Waals surface area contributed by atoms with Crippen LogP contribution >= 0.6 is 0 Å². The first-order chi connectivity index (χ1) is 7.04. The van der Waals surface area contributed by atoms with Gasteiger partial charge in [0.2, 0.25) is 11.8 Å². The number of hydrogen-bond donors (Lipinski definition) is 1. The normalized spacial score (nSPS) is 22.3. The third-order valence-electron chi connectivity index (χ3n) is 2.66. The molecule has 0 aromatic rings. The summed E-state index contributed by atoms with van der Waals surface area (Å²) in [7, 11) is 0. The van der Waals surface area contributed by atoms with Crippen molar-refractivity contribution in [2.45, 2.75) is 39.7 Å². The van der Waals surface area contributed by atoms with Crippen molar-refractivity contribution in [2.24, 2.45) is 5.92 Å². The number of rotatable bonds is 4.